The lowest BCUT2D eigenvalue weighted by atomic mass is 10.1. The van der Waals surface area contributed by atoms with E-state index in [4.69, 9.17) is 27.9 Å². The molecule has 2 rings (SSSR count). The molecular weight excluding hydrogens is 411 g/mol. The second-order valence-corrected chi connectivity index (χ2v) is 7.39. The van der Waals surface area contributed by atoms with E-state index in [1.54, 1.807) is 24.1 Å². The molecule has 2 amide bonds. The molecular formula is C22H26Cl2N2O3. The maximum absolute atomic E-state index is 13.0. The van der Waals surface area contributed by atoms with Gasteiger partial charge in [0.2, 0.25) is 11.8 Å². The van der Waals surface area contributed by atoms with Crippen LogP contribution < -0.4 is 10.1 Å². The van der Waals surface area contributed by atoms with Gasteiger partial charge in [-0.05, 0) is 42.7 Å². The third-order valence-corrected chi connectivity index (χ3v) is 5.26. The number of para-hydroxylation sites is 1. The van der Waals surface area contributed by atoms with E-state index in [0.717, 1.165) is 11.3 Å². The van der Waals surface area contributed by atoms with E-state index in [9.17, 15) is 9.59 Å². The van der Waals surface area contributed by atoms with Gasteiger partial charge in [-0.25, -0.2) is 0 Å². The lowest BCUT2D eigenvalue weighted by Crippen LogP contribution is -2.48. The van der Waals surface area contributed by atoms with Gasteiger partial charge in [0.25, 0.3) is 0 Å². The van der Waals surface area contributed by atoms with Crippen LogP contribution in [0, 0.1) is 0 Å². The van der Waals surface area contributed by atoms with Crippen LogP contribution in [0.3, 0.4) is 0 Å². The molecule has 0 spiro atoms. The van der Waals surface area contributed by atoms with Crippen molar-refractivity contribution in [3.63, 3.8) is 0 Å². The number of ether oxygens (including phenoxy) is 1. The summed E-state index contributed by atoms with van der Waals surface area (Å²) in [6.45, 7) is 2.59. The van der Waals surface area contributed by atoms with Crippen LogP contribution in [0.25, 0.3) is 0 Å². The minimum atomic E-state index is -0.558. The minimum Gasteiger partial charge on any atom is -0.494 e. The Morgan fingerprint density at radius 1 is 1.10 bits per heavy atom. The normalized spacial score (nSPS) is 11.6. The van der Waals surface area contributed by atoms with Crippen LogP contribution in [0.15, 0.2) is 48.5 Å². The summed E-state index contributed by atoms with van der Waals surface area (Å²) in [6.07, 6.45) is 1.34. The number of hydrogen-bond acceptors (Lipinski definition) is 3. The Morgan fingerprint density at radius 3 is 2.45 bits per heavy atom. The van der Waals surface area contributed by atoms with Gasteiger partial charge in [0.1, 0.15) is 11.8 Å². The van der Waals surface area contributed by atoms with Crippen LogP contribution in [0.2, 0.25) is 10.0 Å². The molecule has 1 N–H and O–H groups in total. The molecule has 0 unspecified atom stereocenters. The average Bonchev–Trinajstić information content (AvgIpc) is 2.74. The van der Waals surface area contributed by atoms with Crippen molar-refractivity contribution in [2.45, 2.75) is 38.8 Å². The number of benzene rings is 2. The third kappa shape index (κ3) is 6.94. The van der Waals surface area contributed by atoms with E-state index in [2.05, 4.69) is 5.32 Å². The summed E-state index contributed by atoms with van der Waals surface area (Å²) in [5, 5.41) is 3.51. The van der Waals surface area contributed by atoms with Gasteiger partial charge in [-0.1, -0.05) is 54.4 Å². The largest absolute Gasteiger partial charge is 0.494 e. The number of likely N-dealkylation sites (N-methyl/N-ethyl adjacent to an activating group) is 1. The van der Waals surface area contributed by atoms with E-state index < -0.39 is 6.04 Å². The number of carbonyl (C=O) groups is 2. The molecule has 0 aromatic heterocycles. The maximum atomic E-state index is 13.0. The van der Waals surface area contributed by atoms with Crippen LogP contribution in [-0.4, -0.2) is 36.4 Å². The predicted molar refractivity (Wildman–Crippen MR) is 116 cm³/mol. The lowest BCUT2D eigenvalue weighted by Gasteiger charge is -2.30. The van der Waals surface area contributed by atoms with E-state index in [1.807, 2.05) is 43.3 Å². The van der Waals surface area contributed by atoms with Crippen molar-refractivity contribution >= 4 is 35.0 Å². The molecule has 0 aliphatic carbocycles. The van der Waals surface area contributed by atoms with Gasteiger partial charge >= 0.3 is 0 Å². The minimum absolute atomic E-state index is 0.108. The van der Waals surface area contributed by atoms with Crippen molar-refractivity contribution in [2.75, 3.05) is 13.7 Å². The number of nitrogens with zero attached hydrogens (tertiary/aromatic N) is 1. The Balaban J connectivity index is 2.05. The number of rotatable bonds is 10. The Labute approximate surface area is 181 Å². The lowest BCUT2D eigenvalue weighted by molar-refractivity contribution is -0.141. The molecule has 2 aromatic carbocycles. The molecule has 0 fully saturated rings. The highest BCUT2D eigenvalue weighted by atomic mass is 35.5. The fourth-order valence-corrected chi connectivity index (χ4v) is 3.32. The quantitative estimate of drug-likeness (QED) is 0.548. The van der Waals surface area contributed by atoms with Crippen molar-refractivity contribution in [3.05, 3.63) is 64.1 Å². The maximum Gasteiger partial charge on any atom is 0.242 e. The SMILES string of the molecule is CC[C@@H](C(=O)NC)N(Cc1ccc(Cl)c(Cl)c1)C(=O)CCCOc1ccccc1. The Hall–Kier alpha value is -2.24. The molecule has 0 aliphatic rings. The average molecular weight is 437 g/mol. The van der Waals surface area contributed by atoms with Gasteiger partial charge in [0.15, 0.2) is 0 Å². The molecule has 0 bridgehead atoms. The van der Waals surface area contributed by atoms with Crippen LogP contribution >= 0.6 is 23.2 Å². The van der Waals surface area contributed by atoms with Gasteiger partial charge in [-0.3, -0.25) is 9.59 Å². The standard InChI is InChI=1S/C22H26Cl2N2O3/c1-3-20(22(28)25-2)26(15-16-11-12-18(23)19(24)14-16)21(27)10-7-13-29-17-8-5-4-6-9-17/h4-6,8-9,11-12,14,20H,3,7,10,13,15H2,1-2H3,(H,25,28)/t20-/m0/s1. The number of nitrogens with one attached hydrogen (secondary N) is 1. The van der Waals surface area contributed by atoms with Gasteiger partial charge in [0.05, 0.1) is 16.7 Å². The smallest absolute Gasteiger partial charge is 0.242 e. The monoisotopic (exact) mass is 436 g/mol. The van der Waals surface area contributed by atoms with Crippen molar-refractivity contribution in [2.24, 2.45) is 0 Å². The number of amides is 2. The molecule has 5 nitrogen and oxygen atoms in total. The third-order valence-electron chi connectivity index (χ3n) is 4.52. The fourth-order valence-electron chi connectivity index (χ4n) is 2.99. The van der Waals surface area contributed by atoms with Gasteiger partial charge in [-0.2, -0.15) is 0 Å². The first-order valence-electron chi connectivity index (χ1n) is 9.59. The summed E-state index contributed by atoms with van der Waals surface area (Å²) < 4.78 is 5.66. The van der Waals surface area contributed by atoms with Gasteiger partial charge < -0.3 is 15.0 Å². The first-order valence-corrected chi connectivity index (χ1v) is 10.3. The highest BCUT2D eigenvalue weighted by Crippen LogP contribution is 2.24. The van der Waals surface area contributed by atoms with Gasteiger partial charge in [-0.15, -0.1) is 0 Å². The first-order chi connectivity index (χ1) is 14.0. The fraction of sp³-hybridized carbons (Fsp3) is 0.364. The molecule has 0 aliphatic heterocycles. The van der Waals surface area contributed by atoms with Crippen LogP contribution in [0.1, 0.15) is 31.7 Å². The number of halogens is 2. The summed E-state index contributed by atoms with van der Waals surface area (Å²) in [6, 6.07) is 14.1. The van der Waals surface area contributed by atoms with E-state index in [0.29, 0.717) is 29.5 Å². The summed E-state index contributed by atoms with van der Waals surface area (Å²) in [5.41, 5.74) is 0.815. The number of hydrogen-bond donors (Lipinski definition) is 1. The molecule has 29 heavy (non-hydrogen) atoms. The first kappa shape index (κ1) is 23.0. The molecule has 7 heteroatoms. The van der Waals surface area contributed by atoms with Crippen LogP contribution in [0.5, 0.6) is 5.75 Å². The molecule has 0 heterocycles. The molecule has 0 saturated carbocycles. The Kier molecular flexibility index (Phi) is 9.29. The zero-order valence-electron chi connectivity index (χ0n) is 16.7. The summed E-state index contributed by atoms with van der Waals surface area (Å²) in [7, 11) is 1.57. The van der Waals surface area contributed by atoms with E-state index >= 15 is 0 Å². The second-order valence-electron chi connectivity index (χ2n) is 6.57. The van der Waals surface area contributed by atoms with Crippen molar-refractivity contribution < 1.29 is 14.3 Å². The van der Waals surface area contributed by atoms with E-state index in [1.165, 1.54) is 0 Å². The van der Waals surface area contributed by atoms with Crippen LogP contribution in [-0.2, 0) is 16.1 Å². The molecule has 156 valence electrons. The molecule has 2 aromatic rings. The zero-order chi connectivity index (χ0) is 21.2. The second kappa shape index (κ2) is 11.7. The molecule has 1 atom stereocenters. The molecule has 0 radical (unpaired) electrons. The highest BCUT2D eigenvalue weighted by Gasteiger charge is 2.27. The topological polar surface area (TPSA) is 58.6 Å². The number of carbonyl (C=O) groups excluding carboxylic acids is 2. The van der Waals surface area contributed by atoms with Crippen molar-refractivity contribution in [1.82, 2.24) is 10.2 Å². The van der Waals surface area contributed by atoms with E-state index in [-0.39, 0.29) is 24.8 Å². The van der Waals surface area contributed by atoms with Crippen molar-refractivity contribution in [3.8, 4) is 5.75 Å². The summed E-state index contributed by atoms with van der Waals surface area (Å²) in [4.78, 5) is 26.9. The molecule has 0 saturated heterocycles. The van der Waals surface area contributed by atoms with Gasteiger partial charge in [0, 0.05) is 20.0 Å². The zero-order valence-corrected chi connectivity index (χ0v) is 18.2. The Bertz CT molecular complexity index is 815. The highest BCUT2D eigenvalue weighted by molar-refractivity contribution is 6.42. The Morgan fingerprint density at radius 2 is 1.83 bits per heavy atom. The summed E-state index contributed by atoms with van der Waals surface area (Å²) in [5.74, 6) is 0.467. The van der Waals surface area contributed by atoms with Crippen molar-refractivity contribution in [1.29, 1.82) is 0 Å². The summed E-state index contributed by atoms with van der Waals surface area (Å²) >= 11 is 12.1. The van der Waals surface area contributed by atoms with Crippen LogP contribution in [0.4, 0.5) is 0 Å². The predicted octanol–water partition coefficient (Wildman–Crippen LogP) is 4.71.